The molecule has 1 N–H and O–H groups in total. The van der Waals surface area contributed by atoms with Gasteiger partial charge >= 0.3 is 0 Å². The smallest absolute Gasteiger partial charge is 0.158 e. The second-order valence-electron chi connectivity index (χ2n) is 3.67. The summed E-state index contributed by atoms with van der Waals surface area (Å²) >= 11 is 5.98. The van der Waals surface area contributed by atoms with Gasteiger partial charge in [0, 0.05) is 19.2 Å². The molecule has 0 spiro atoms. The van der Waals surface area contributed by atoms with Crippen LogP contribution in [0.15, 0.2) is 12.4 Å². The minimum absolute atomic E-state index is 0.484. The Morgan fingerprint density at radius 2 is 2.19 bits per heavy atom. The van der Waals surface area contributed by atoms with Crippen molar-refractivity contribution in [3.05, 3.63) is 17.5 Å². The van der Waals surface area contributed by atoms with Gasteiger partial charge < -0.3 is 14.6 Å². The van der Waals surface area contributed by atoms with E-state index in [-0.39, 0.29) is 0 Å². The highest BCUT2D eigenvalue weighted by atomic mass is 35.5. The lowest BCUT2D eigenvalue weighted by Crippen LogP contribution is -2.36. The third-order valence-corrected chi connectivity index (χ3v) is 2.86. The molecule has 2 aromatic rings. The number of aromatic nitrogens is 3. The molecular formula is C10H11ClN4O. The standard InChI is InChI=1S/C10H11ClN4O/c11-8-5-7-9(13-6-12-7)10(14-8)15-1-3-16-4-2-15/h5-6H,1-4H2,(H,12,13). The predicted octanol–water partition coefficient (Wildman–Crippen LogP) is 1.45. The number of nitrogens with zero attached hydrogens (tertiary/aromatic N) is 3. The molecule has 3 heterocycles. The fraction of sp³-hybridized carbons (Fsp3) is 0.400. The molecule has 0 amide bonds. The zero-order valence-corrected chi connectivity index (χ0v) is 9.37. The van der Waals surface area contributed by atoms with Crippen molar-refractivity contribution >= 4 is 28.5 Å². The predicted molar refractivity (Wildman–Crippen MR) is 61.9 cm³/mol. The van der Waals surface area contributed by atoms with Gasteiger partial charge in [-0.05, 0) is 0 Å². The fourth-order valence-corrected chi connectivity index (χ4v) is 2.08. The summed E-state index contributed by atoms with van der Waals surface area (Å²) in [5.41, 5.74) is 1.78. The summed E-state index contributed by atoms with van der Waals surface area (Å²) < 4.78 is 5.31. The summed E-state index contributed by atoms with van der Waals surface area (Å²) in [7, 11) is 0. The minimum atomic E-state index is 0.484. The van der Waals surface area contributed by atoms with E-state index >= 15 is 0 Å². The van der Waals surface area contributed by atoms with E-state index in [9.17, 15) is 0 Å². The van der Waals surface area contributed by atoms with E-state index in [2.05, 4.69) is 19.9 Å². The number of aromatic amines is 1. The molecule has 0 saturated carbocycles. The maximum atomic E-state index is 5.98. The summed E-state index contributed by atoms with van der Waals surface area (Å²) in [5, 5.41) is 0.484. The number of hydrogen-bond donors (Lipinski definition) is 1. The number of ether oxygens (including phenoxy) is 1. The molecule has 0 atom stereocenters. The highest BCUT2D eigenvalue weighted by molar-refractivity contribution is 6.30. The Hall–Kier alpha value is -1.33. The van der Waals surface area contributed by atoms with E-state index in [1.54, 1.807) is 12.4 Å². The second-order valence-corrected chi connectivity index (χ2v) is 4.05. The van der Waals surface area contributed by atoms with Crippen molar-refractivity contribution in [1.82, 2.24) is 15.0 Å². The molecule has 16 heavy (non-hydrogen) atoms. The van der Waals surface area contributed by atoms with Gasteiger partial charge in [-0.1, -0.05) is 11.6 Å². The van der Waals surface area contributed by atoms with E-state index in [1.807, 2.05) is 0 Å². The Balaban J connectivity index is 2.09. The third-order valence-electron chi connectivity index (χ3n) is 2.67. The molecule has 0 unspecified atom stereocenters. The summed E-state index contributed by atoms with van der Waals surface area (Å²) in [5.74, 6) is 0.840. The van der Waals surface area contributed by atoms with Crippen LogP contribution in [0.4, 0.5) is 5.82 Å². The SMILES string of the molecule is Clc1cc2[nH]cnc2c(N2CCOCC2)n1. The Morgan fingerprint density at radius 3 is 3.00 bits per heavy atom. The Kier molecular flexibility index (Phi) is 2.41. The lowest BCUT2D eigenvalue weighted by molar-refractivity contribution is 0.122. The molecule has 1 aliphatic heterocycles. The molecule has 1 fully saturated rings. The van der Waals surface area contributed by atoms with Gasteiger partial charge in [0.05, 0.1) is 25.1 Å². The van der Waals surface area contributed by atoms with E-state index in [1.165, 1.54) is 0 Å². The van der Waals surface area contributed by atoms with Gasteiger partial charge in [-0.15, -0.1) is 0 Å². The summed E-state index contributed by atoms with van der Waals surface area (Å²) in [6.45, 7) is 3.10. The highest BCUT2D eigenvalue weighted by Gasteiger charge is 2.17. The van der Waals surface area contributed by atoms with Gasteiger partial charge in [0.25, 0.3) is 0 Å². The van der Waals surface area contributed by atoms with Crippen molar-refractivity contribution in [2.24, 2.45) is 0 Å². The number of hydrogen-bond acceptors (Lipinski definition) is 4. The van der Waals surface area contributed by atoms with Gasteiger partial charge in [0.1, 0.15) is 10.7 Å². The summed E-state index contributed by atoms with van der Waals surface area (Å²) in [6, 6.07) is 1.79. The molecule has 0 aromatic carbocycles. The third kappa shape index (κ3) is 1.62. The average molecular weight is 239 g/mol. The lowest BCUT2D eigenvalue weighted by Gasteiger charge is -2.27. The van der Waals surface area contributed by atoms with Gasteiger partial charge in [-0.2, -0.15) is 0 Å². The zero-order chi connectivity index (χ0) is 11.0. The van der Waals surface area contributed by atoms with Crippen molar-refractivity contribution in [1.29, 1.82) is 0 Å². The van der Waals surface area contributed by atoms with Crippen molar-refractivity contribution in [2.75, 3.05) is 31.2 Å². The van der Waals surface area contributed by atoms with Crippen LogP contribution in [0, 0.1) is 0 Å². The maximum absolute atomic E-state index is 5.98. The summed E-state index contributed by atoms with van der Waals surface area (Å²) in [6.07, 6.45) is 1.66. The topological polar surface area (TPSA) is 54.0 Å². The number of imidazole rings is 1. The Bertz CT molecular complexity index is 506. The molecule has 2 aromatic heterocycles. The molecule has 0 bridgehead atoms. The minimum Gasteiger partial charge on any atom is -0.378 e. The second kappa shape index (κ2) is 3.92. The molecule has 1 saturated heterocycles. The molecule has 1 aliphatic rings. The van der Waals surface area contributed by atoms with Crippen molar-refractivity contribution < 1.29 is 4.74 Å². The van der Waals surface area contributed by atoms with Crippen LogP contribution in [0.25, 0.3) is 11.0 Å². The summed E-state index contributed by atoms with van der Waals surface area (Å²) in [4.78, 5) is 13.8. The molecule has 6 heteroatoms. The van der Waals surface area contributed by atoms with Crippen molar-refractivity contribution in [3.63, 3.8) is 0 Å². The quantitative estimate of drug-likeness (QED) is 0.764. The molecule has 0 aliphatic carbocycles. The number of rotatable bonds is 1. The molecule has 0 radical (unpaired) electrons. The van der Waals surface area contributed by atoms with Crippen LogP contribution in [0.1, 0.15) is 0 Å². The largest absolute Gasteiger partial charge is 0.378 e. The lowest BCUT2D eigenvalue weighted by atomic mass is 10.3. The van der Waals surface area contributed by atoms with E-state index in [4.69, 9.17) is 16.3 Å². The van der Waals surface area contributed by atoms with E-state index in [0.717, 1.165) is 43.2 Å². The number of pyridine rings is 1. The number of halogens is 1. The number of morpholine rings is 1. The molecule has 3 rings (SSSR count). The normalized spacial score (nSPS) is 16.9. The monoisotopic (exact) mass is 238 g/mol. The molecular weight excluding hydrogens is 228 g/mol. The Labute approximate surface area is 97.4 Å². The first-order chi connectivity index (χ1) is 7.84. The van der Waals surface area contributed by atoms with Crippen LogP contribution in [0.3, 0.4) is 0 Å². The fourth-order valence-electron chi connectivity index (χ4n) is 1.89. The highest BCUT2D eigenvalue weighted by Crippen LogP contribution is 2.25. The van der Waals surface area contributed by atoms with Gasteiger partial charge in [-0.25, -0.2) is 9.97 Å². The average Bonchev–Trinajstić information content (AvgIpc) is 2.77. The Morgan fingerprint density at radius 1 is 1.38 bits per heavy atom. The van der Waals surface area contributed by atoms with Crippen molar-refractivity contribution in [2.45, 2.75) is 0 Å². The number of H-pyrrole nitrogens is 1. The number of anilines is 1. The van der Waals surface area contributed by atoms with Crippen molar-refractivity contribution in [3.8, 4) is 0 Å². The maximum Gasteiger partial charge on any atom is 0.158 e. The van der Waals surface area contributed by atoms with Gasteiger partial charge in [0.2, 0.25) is 0 Å². The first-order valence-electron chi connectivity index (χ1n) is 5.17. The zero-order valence-electron chi connectivity index (χ0n) is 8.61. The first kappa shape index (κ1) is 9.86. The van der Waals surface area contributed by atoms with Crippen LogP contribution >= 0.6 is 11.6 Å². The van der Waals surface area contributed by atoms with Crippen LogP contribution in [-0.2, 0) is 4.74 Å². The van der Waals surface area contributed by atoms with E-state index in [0.29, 0.717) is 5.15 Å². The van der Waals surface area contributed by atoms with Crippen LogP contribution < -0.4 is 4.90 Å². The first-order valence-corrected chi connectivity index (χ1v) is 5.55. The van der Waals surface area contributed by atoms with Gasteiger partial charge in [-0.3, -0.25) is 0 Å². The van der Waals surface area contributed by atoms with Crippen LogP contribution in [0.5, 0.6) is 0 Å². The van der Waals surface area contributed by atoms with Crippen LogP contribution in [0.2, 0.25) is 5.15 Å². The van der Waals surface area contributed by atoms with E-state index < -0.39 is 0 Å². The molecule has 84 valence electrons. The number of nitrogens with one attached hydrogen (secondary N) is 1. The number of fused-ring (bicyclic) bond motifs is 1. The van der Waals surface area contributed by atoms with Crippen LogP contribution in [-0.4, -0.2) is 41.3 Å². The molecule has 5 nitrogen and oxygen atoms in total. The van der Waals surface area contributed by atoms with Gasteiger partial charge in [0.15, 0.2) is 5.82 Å².